The summed E-state index contributed by atoms with van der Waals surface area (Å²) in [7, 11) is -3.45. The lowest BCUT2D eigenvalue weighted by Gasteiger charge is -2.16. The van der Waals surface area contributed by atoms with Gasteiger partial charge in [-0.1, -0.05) is 6.07 Å². The topological polar surface area (TPSA) is 72.0 Å². The summed E-state index contributed by atoms with van der Waals surface area (Å²) in [5.74, 6) is 0. The Morgan fingerprint density at radius 2 is 1.77 bits per heavy atom. The highest BCUT2D eigenvalue weighted by Gasteiger charge is 2.17. The number of rotatable bonds is 5. The minimum Gasteiger partial charge on any atom is -0.245 e. The number of benzene rings is 1. The molecule has 1 aromatic heterocycles. The lowest BCUT2D eigenvalue weighted by molar-refractivity contribution is 0.581. The predicted molar refractivity (Wildman–Crippen MR) is 84.0 cm³/mol. The van der Waals surface area contributed by atoms with Crippen LogP contribution in [0.25, 0.3) is 0 Å². The first kappa shape index (κ1) is 15.1. The molecule has 0 bridgehead atoms. The normalized spacial score (nSPS) is 14.5. The van der Waals surface area contributed by atoms with E-state index in [-0.39, 0.29) is 0 Å². The van der Waals surface area contributed by atoms with Crippen LogP contribution in [0.4, 0.5) is 0 Å². The number of nitrogens with one attached hydrogen (secondary N) is 1. The van der Waals surface area contributed by atoms with Crippen LogP contribution in [0.3, 0.4) is 0 Å². The minimum atomic E-state index is -3.45. The van der Waals surface area contributed by atoms with Gasteiger partial charge >= 0.3 is 0 Å². The van der Waals surface area contributed by atoms with Gasteiger partial charge in [-0.05, 0) is 60.9 Å². The summed E-state index contributed by atoms with van der Waals surface area (Å²) in [5, 5.41) is 0. The van der Waals surface area contributed by atoms with Gasteiger partial charge in [0.25, 0.3) is 0 Å². The van der Waals surface area contributed by atoms with E-state index in [1.807, 2.05) is 12.1 Å². The monoisotopic (exact) mass is 317 g/mol. The van der Waals surface area contributed by atoms with E-state index in [0.717, 1.165) is 24.8 Å². The molecule has 0 saturated carbocycles. The summed E-state index contributed by atoms with van der Waals surface area (Å²) in [6, 6.07) is 5.48. The van der Waals surface area contributed by atoms with Crippen molar-refractivity contribution in [3.8, 4) is 0 Å². The van der Waals surface area contributed by atoms with E-state index in [2.05, 4.69) is 14.7 Å². The van der Waals surface area contributed by atoms with E-state index in [4.69, 9.17) is 0 Å². The second kappa shape index (κ2) is 6.54. The molecule has 0 unspecified atom stereocenters. The third-order valence-corrected chi connectivity index (χ3v) is 5.41. The average Bonchev–Trinajstić information content (AvgIpc) is 2.55. The molecule has 0 saturated heterocycles. The van der Waals surface area contributed by atoms with Crippen LogP contribution in [0.5, 0.6) is 0 Å². The molecule has 1 N–H and O–H groups in total. The van der Waals surface area contributed by atoms with Crippen molar-refractivity contribution in [2.75, 3.05) is 6.54 Å². The summed E-state index contributed by atoms with van der Waals surface area (Å²) in [6.45, 7) is 0.340. The zero-order valence-electron chi connectivity index (χ0n) is 12.3. The highest BCUT2D eigenvalue weighted by molar-refractivity contribution is 7.89. The zero-order chi connectivity index (χ0) is 15.4. The Bertz CT molecular complexity index is 745. The molecule has 0 aliphatic heterocycles. The summed E-state index contributed by atoms with van der Waals surface area (Å²) < 4.78 is 27.4. The van der Waals surface area contributed by atoms with Crippen LogP contribution in [0.1, 0.15) is 29.5 Å². The lowest BCUT2D eigenvalue weighted by Crippen LogP contribution is -2.26. The number of hydrogen-bond acceptors (Lipinski definition) is 4. The number of hydrogen-bond donors (Lipinski definition) is 1. The maximum atomic E-state index is 12.4. The standard InChI is InChI=1S/C16H19N3O2S/c20-22(21,19-8-7-13-10-17-12-18-11-13)16-6-5-14-3-1-2-4-15(14)9-16/h5-6,9-12,19H,1-4,7-8H2. The Balaban J connectivity index is 1.67. The van der Waals surface area contributed by atoms with Gasteiger partial charge in [-0.25, -0.2) is 23.1 Å². The molecule has 1 aliphatic rings. The molecular formula is C16H19N3O2S. The van der Waals surface area contributed by atoms with Gasteiger partial charge in [0, 0.05) is 18.9 Å². The molecule has 5 nitrogen and oxygen atoms in total. The smallest absolute Gasteiger partial charge is 0.240 e. The van der Waals surface area contributed by atoms with Crippen LogP contribution >= 0.6 is 0 Å². The average molecular weight is 317 g/mol. The van der Waals surface area contributed by atoms with Gasteiger partial charge in [-0.15, -0.1) is 0 Å². The molecule has 22 heavy (non-hydrogen) atoms. The Labute approximate surface area is 130 Å². The maximum absolute atomic E-state index is 12.4. The van der Waals surface area contributed by atoms with Crippen LogP contribution < -0.4 is 4.72 Å². The number of nitrogens with zero attached hydrogens (tertiary/aromatic N) is 2. The first-order valence-corrected chi connectivity index (χ1v) is 8.99. The van der Waals surface area contributed by atoms with E-state index in [0.29, 0.717) is 17.9 Å². The molecule has 2 aromatic rings. The molecule has 0 spiro atoms. The number of aryl methyl sites for hydroxylation is 2. The number of fused-ring (bicyclic) bond motifs is 1. The molecule has 1 heterocycles. The van der Waals surface area contributed by atoms with Crippen LogP contribution in [-0.4, -0.2) is 24.9 Å². The minimum absolute atomic E-state index is 0.340. The highest BCUT2D eigenvalue weighted by Crippen LogP contribution is 2.23. The zero-order valence-corrected chi connectivity index (χ0v) is 13.1. The van der Waals surface area contributed by atoms with Crippen molar-refractivity contribution in [2.45, 2.75) is 37.0 Å². The van der Waals surface area contributed by atoms with Gasteiger partial charge in [0.15, 0.2) is 0 Å². The molecular weight excluding hydrogens is 298 g/mol. The summed E-state index contributed by atoms with van der Waals surface area (Å²) in [4.78, 5) is 8.19. The predicted octanol–water partition coefficient (Wildman–Crippen LogP) is 1.88. The number of sulfonamides is 1. The molecule has 6 heteroatoms. The lowest BCUT2D eigenvalue weighted by atomic mass is 9.92. The largest absolute Gasteiger partial charge is 0.245 e. The SMILES string of the molecule is O=S(=O)(NCCc1cncnc1)c1ccc2c(c1)CCCC2. The third kappa shape index (κ3) is 3.51. The van der Waals surface area contributed by atoms with Crippen LogP contribution in [-0.2, 0) is 29.3 Å². The van der Waals surface area contributed by atoms with Gasteiger partial charge in [0.2, 0.25) is 10.0 Å². The fourth-order valence-corrected chi connectivity index (χ4v) is 3.83. The van der Waals surface area contributed by atoms with Crippen molar-refractivity contribution in [1.82, 2.24) is 14.7 Å². The molecule has 0 fully saturated rings. The van der Waals surface area contributed by atoms with Crippen molar-refractivity contribution >= 4 is 10.0 Å². The quantitative estimate of drug-likeness (QED) is 0.914. The molecule has 1 aromatic carbocycles. The van der Waals surface area contributed by atoms with E-state index < -0.39 is 10.0 Å². The molecule has 1 aliphatic carbocycles. The van der Waals surface area contributed by atoms with Gasteiger partial charge in [0.05, 0.1) is 4.90 Å². The maximum Gasteiger partial charge on any atom is 0.240 e. The van der Waals surface area contributed by atoms with Crippen molar-refractivity contribution in [1.29, 1.82) is 0 Å². The summed E-state index contributed by atoms with van der Waals surface area (Å²) >= 11 is 0. The second-order valence-electron chi connectivity index (χ2n) is 5.53. The first-order chi connectivity index (χ1) is 10.6. The Morgan fingerprint density at radius 3 is 2.55 bits per heavy atom. The fourth-order valence-electron chi connectivity index (χ4n) is 2.75. The van der Waals surface area contributed by atoms with Crippen LogP contribution in [0.2, 0.25) is 0 Å². The first-order valence-electron chi connectivity index (χ1n) is 7.50. The number of aromatic nitrogens is 2. The van der Waals surface area contributed by atoms with Gasteiger partial charge in [-0.2, -0.15) is 0 Å². The van der Waals surface area contributed by atoms with E-state index in [1.165, 1.54) is 23.9 Å². The third-order valence-electron chi connectivity index (χ3n) is 3.95. The van der Waals surface area contributed by atoms with E-state index in [9.17, 15) is 8.42 Å². The Kier molecular flexibility index (Phi) is 4.49. The highest BCUT2D eigenvalue weighted by atomic mass is 32.2. The molecule has 0 atom stereocenters. The molecule has 3 rings (SSSR count). The van der Waals surface area contributed by atoms with E-state index in [1.54, 1.807) is 18.5 Å². The molecule has 0 amide bonds. The van der Waals surface area contributed by atoms with Crippen molar-refractivity contribution < 1.29 is 8.42 Å². The molecule has 0 radical (unpaired) electrons. The van der Waals surface area contributed by atoms with Gasteiger partial charge < -0.3 is 0 Å². The van der Waals surface area contributed by atoms with Crippen LogP contribution in [0.15, 0.2) is 41.8 Å². The fraction of sp³-hybridized carbons (Fsp3) is 0.375. The van der Waals surface area contributed by atoms with Crippen molar-refractivity contribution in [3.05, 3.63) is 53.6 Å². The molecule has 116 valence electrons. The van der Waals surface area contributed by atoms with Gasteiger partial charge in [0.1, 0.15) is 6.33 Å². The van der Waals surface area contributed by atoms with Crippen molar-refractivity contribution in [3.63, 3.8) is 0 Å². The van der Waals surface area contributed by atoms with Crippen LogP contribution in [0, 0.1) is 0 Å². The van der Waals surface area contributed by atoms with Gasteiger partial charge in [-0.3, -0.25) is 0 Å². The Morgan fingerprint density at radius 1 is 1.05 bits per heavy atom. The summed E-state index contributed by atoms with van der Waals surface area (Å²) in [5.41, 5.74) is 3.37. The van der Waals surface area contributed by atoms with E-state index >= 15 is 0 Å². The Hall–Kier alpha value is -1.79. The summed E-state index contributed by atoms with van der Waals surface area (Å²) in [6.07, 6.45) is 9.78. The second-order valence-corrected chi connectivity index (χ2v) is 7.30. The van der Waals surface area contributed by atoms with Crippen molar-refractivity contribution in [2.24, 2.45) is 0 Å².